The Morgan fingerprint density at radius 2 is 1.77 bits per heavy atom. The normalized spacial score (nSPS) is 30.3. The van der Waals surface area contributed by atoms with Gasteiger partial charge in [-0.25, -0.2) is 0 Å². The van der Waals surface area contributed by atoms with E-state index in [9.17, 15) is 0 Å². The van der Waals surface area contributed by atoms with Crippen LogP contribution in [0.5, 0.6) is 0 Å². The van der Waals surface area contributed by atoms with Gasteiger partial charge in [0.25, 0.3) is 0 Å². The summed E-state index contributed by atoms with van der Waals surface area (Å²) in [6, 6.07) is 0.241. The second-order valence-electron chi connectivity index (χ2n) is 5.52. The van der Waals surface area contributed by atoms with Gasteiger partial charge in [-0.3, -0.25) is 0 Å². The van der Waals surface area contributed by atoms with Crippen molar-refractivity contribution in [1.29, 1.82) is 0 Å². The summed E-state index contributed by atoms with van der Waals surface area (Å²) in [7, 11) is 0. The highest BCUT2D eigenvalue weighted by molar-refractivity contribution is 5.85. The quantitative estimate of drug-likeness (QED) is 0.602. The van der Waals surface area contributed by atoms with E-state index in [1.165, 1.54) is 12.0 Å². The molecule has 1 nitrogen and oxygen atoms in total. The maximum absolute atomic E-state index is 6.11. The zero-order valence-electron chi connectivity index (χ0n) is 9.35. The topological polar surface area (TPSA) is 26.0 Å². The van der Waals surface area contributed by atoms with E-state index in [-0.39, 0.29) is 23.9 Å². The summed E-state index contributed by atoms with van der Waals surface area (Å²) in [4.78, 5) is 0. The lowest BCUT2D eigenvalue weighted by Gasteiger charge is -2.43. The molecule has 0 aromatic rings. The van der Waals surface area contributed by atoms with Gasteiger partial charge in [0.05, 0.1) is 0 Å². The summed E-state index contributed by atoms with van der Waals surface area (Å²) >= 11 is 0. The van der Waals surface area contributed by atoms with Gasteiger partial charge in [-0.05, 0) is 24.2 Å². The van der Waals surface area contributed by atoms with E-state index in [2.05, 4.69) is 40.7 Å². The lowest BCUT2D eigenvalue weighted by molar-refractivity contribution is 0.189. The molecule has 1 aliphatic carbocycles. The van der Waals surface area contributed by atoms with E-state index >= 15 is 0 Å². The summed E-state index contributed by atoms with van der Waals surface area (Å²) in [5.74, 6) is 0. The molecule has 78 valence electrons. The number of nitrogens with two attached hydrogens (primary N) is 1. The lowest BCUT2D eigenvalue weighted by Crippen LogP contribution is -2.44. The molecule has 0 spiro atoms. The number of halogens is 1. The monoisotopic (exact) mass is 203 g/mol. The highest BCUT2D eigenvalue weighted by atomic mass is 35.5. The van der Waals surface area contributed by atoms with E-state index < -0.39 is 0 Å². The first-order valence-electron chi connectivity index (χ1n) is 4.70. The van der Waals surface area contributed by atoms with Crippen molar-refractivity contribution in [1.82, 2.24) is 0 Å². The molecular weight excluding hydrogens is 182 g/mol. The minimum absolute atomic E-state index is 0. The van der Waals surface area contributed by atoms with Crippen LogP contribution in [0.4, 0.5) is 0 Å². The predicted octanol–water partition coefficient (Wildman–Crippen LogP) is 3.14. The fourth-order valence-electron chi connectivity index (χ4n) is 2.66. The summed E-state index contributed by atoms with van der Waals surface area (Å²) in [6.45, 7) is 11.2. The molecule has 0 amide bonds. The Balaban J connectivity index is 0.00000144. The van der Waals surface area contributed by atoms with Gasteiger partial charge in [0.2, 0.25) is 0 Å². The van der Waals surface area contributed by atoms with Gasteiger partial charge < -0.3 is 5.73 Å². The first-order valence-corrected chi connectivity index (χ1v) is 4.70. The van der Waals surface area contributed by atoms with Crippen LogP contribution in [0.1, 0.15) is 41.0 Å². The van der Waals surface area contributed by atoms with Crippen LogP contribution in [0, 0.1) is 10.8 Å². The molecule has 1 atom stereocenters. The summed E-state index contributed by atoms with van der Waals surface area (Å²) in [6.07, 6.45) is 3.50. The molecule has 1 rings (SSSR count). The molecule has 0 aromatic carbocycles. The van der Waals surface area contributed by atoms with Gasteiger partial charge in [0.1, 0.15) is 0 Å². The van der Waals surface area contributed by atoms with E-state index in [4.69, 9.17) is 5.73 Å². The van der Waals surface area contributed by atoms with Crippen molar-refractivity contribution in [2.24, 2.45) is 16.6 Å². The molecule has 13 heavy (non-hydrogen) atoms. The minimum Gasteiger partial charge on any atom is -0.324 e. The van der Waals surface area contributed by atoms with Gasteiger partial charge in [0, 0.05) is 6.04 Å². The van der Waals surface area contributed by atoms with E-state index in [0.29, 0.717) is 5.41 Å². The average Bonchev–Trinajstić information content (AvgIpc) is 1.79. The van der Waals surface area contributed by atoms with Crippen molar-refractivity contribution in [3.05, 3.63) is 11.6 Å². The summed E-state index contributed by atoms with van der Waals surface area (Å²) in [5, 5.41) is 0. The molecule has 0 saturated carbocycles. The first kappa shape index (κ1) is 13.0. The Labute approximate surface area is 88.2 Å². The first-order chi connectivity index (χ1) is 5.25. The second kappa shape index (κ2) is 3.62. The Hall–Kier alpha value is -0.0100. The number of allylic oxidation sites excluding steroid dienone is 1. The molecular formula is C11H22ClN. The molecule has 0 bridgehead atoms. The van der Waals surface area contributed by atoms with Crippen molar-refractivity contribution >= 4 is 12.4 Å². The Bertz CT molecular complexity index is 216. The van der Waals surface area contributed by atoms with Gasteiger partial charge in [-0.1, -0.05) is 39.3 Å². The van der Waals surface area contributed by atoms with Crippen LogP contribution >= 0.6 is 12.4 Å². The van der Waals surface area contributed by atoms with E-state index in [1.54, 1.807) is 0 Å². The minimum atomic E-state index is 0. The highest BCUT2D eigenvalue weighted by Crippen LogP contribution is 2.43. The molecule has 0 aliphatic heterocycles. The third-order valence-corrected chi connectivity index (χ3v) is 2.86. The third-order valence-electron chi connectivity index (χ3n) is 2.86. The SMILES string of the molecule is CC1=CC(C)(C)CC(C)(C)C1N.Cl. The lowest BCUT2D eigenvalue weighted by atomic mass is 9.64. The smallest absolute Gasteiger partial charge is 0.0303 e. The number of hydrogen-bond donors (Lipinski definition) is 1. The van der Waals surface area contributed by atoms with Crippen LogP contribution in [-0.2, 0) is 0 Å². The number of rotatable bonds is 0. The summed E-state index contributed by atoms with van der Waals surface area (Å²) in [5.41, 5.74) is 8.03. The van der Waals surface area contributed by atoms with Crippen LogP contribution in [-0.4, -0.2) is 6.04 Å². The predicted molar refractivity (Wildman–Crippen MR) is 61.2 cm³/mol. The van der Waals surface area contributed by atoms with Gasteiger partial charge in [0.15, 0.2) is 0 Å². The van der Waals surface area contributed by atoms with Crippen LogP contribution < -0.4 is 5.73 Å². The fraction of sp³-hybridized carbons (Fsp3) is 0.818. The summed E-state index contributed by atoms with van der Waals surface area (Å²) < 4.78 is 0. The molecule has 0 heterocycles. The van der Waals surface area contributed by atoms with E-state index in [1.807, 2.05) is 0 Å². The van der Waals surface area contributed by atoms with Crippen LogP contribution in [0.3, 0.4) is 0 Å². The van der Waals surface area contributed by atoms with Crippen molar-refractivity contribution in [2.75, 3.05) is 0 Å². The van der Waals surface area contributed by atoms with Crippen LogP contribution in [0.15, 0.2) is 11.6 Å². The Kier molecular flexibility index (Phi) is 3.62. The fourth-order valence-corrected chi connectivity index (χ4v) is 2.66. The van der Waals surface area contributed by atoms with Crippen LogP contribution in [0.25, 0.3) is 0 Å². The van der Waals surface area contributed by atoms with Crippen LogP contribution in [0.2, 0.25) is 0 Å². The Morgan fingerprint density at radius 1 is 1.31 bits per heavy atom. The van der Waals surface area contributed by atoms with Gasteiger partial charge in [-0.15, -0.1) is 12.4 Å². The molecule has 0 radical (unpaired) electrons. The standard InChI is InChI=1S/C11H21N.ClH/c1-8-6-10(2,3)7-11(4,5)9(8)12;/h6,9H,7,12H2,1-5H3;1H. The zero-order chi connectivity index (χ0) is 9.57. The van der Waals surface area contributed by atoms with Crippen molar-refractivity contribution in [3.8, 4) is 0 Å². The average molecular weight is 204 g/mol. The maximum atomic E-state index is 6.11. The molecule has 1 unspecified atom stereocenters. The highest BCUT2D eigenvalue weighted by Gasteiger charge is 2.37. The molecule has 2 heteroatoms. The van der Waals surface area contributed by atoms with Gasteiger partial charge in [-0.2, -0.15) is 0 Å². The zero-order valence-corrected chi connectivity index (χ0v) is 10.2. The largest absolute Gasteiger partial charge is 0.324 e. The number of hydrogen-bond acceptors (Lipinski definition) is 1. The molecule has 2 N–H and O–H groups in total. The van der Waals surface area contributed by atoms with Crippen molar-refractivity contribution in [3.63, 3.8) is 0 Å². The maximum Gasteiger partial charge on any atom is 0.0303 e. The van der Waals surface area contributed by atoms with E-state index in [0.717, 1.165) is 0 Å². The molecule has 0 saturated heterocycles. The van der Waals surface area contributed by atoms with Crippen molar-refractivity contribution < 1.29 is 0 Å². The Morgan fingerprint density at radius 3 is 2.15 bits per heavy atom. The molecule has 0 aromatic heterocycles. The molecule has 1 aliphatic rings. The van der Waals surface area contributed by atoms with Gasteiger partial charge >= 0.3 is 0 Å². The molecule has 0 fully saturated rings. The third kappa shape index (κ3) is 2.72. The van der Waals surface area contributed by atoms with Crippen molar-refractivity contribution in [2.45, 2.75) is 47.1 Å². The second-order valence-corrected chi connectivity index (χ2v) is 5.52.